The summed E-state index contributed by atoms with van der Waals surface area (Å²) in [5.41, 5.74) is -0.913. The monoisotopic (exact) mass is 304 g/mol. The molecular formula is C15H20F4N2. The van der Waals surface area contributed by atoms with Crippen molar-refractivity contribution < 1.29 is 17.6 Å². The topological polar surface area (TPSA) is 15.3 Å². The first-order valence-corrected chi connectivity index (χ1v) is 7.19. The normalized spacial score (nSPS) is 20.5. The van der Waals surface area contributed by atoms with Crippen molar-refractivity contribution in [1.82, 2.24) is 4.90 Å². The Balaban J connectivity index is 1.93. The molecule has 1 atom stereocenters. The van der Waals surface area contributed by atoms with Gasteiger partial charge in [-0.25, -0.2) is 4.39 Å². The highest BCUT2D eigenvalue weighted by Gasteiger charge is 2.31. The number of alkyl halides is 3. The van der Waals surface area contributed by atoms with Gasteiger partial charge >= 0.3 is 6.18 Å². The molecule has 1 aromatic rings. The molecule has 1 aliphatic rings. The van der Waals surface area contributed by atoms with Crippen LogP contribution in [0.1, 0.15) is 31.2 Å². The fraction of sp³-hybridized carbons (Fsp3) is 0.600. The summed E-state index contributed by atoms with van der Waals surface area (Å²) < 4.78 is 51.4. The van der Waals surface area contributed by atoms with Crippen LogP contribution in [0.15, 0.2) is 18.2 Å². The van der Waals surface area contributed by atoms with E-state index < -0.39 is 17.6 Å². The Bertz CT molecular complexity index is 473. The van der Waals surface area contributed by atoms with Crippen LogP contribution in [0, 0.1) is 5.82 Å². The minimum Gasteiger partial charge on any atom is -0.383 e. The molecule has 21 heavy (non-hydrogen) atoms. The summed E-state index contributed by atoms with van der Waals surface area (Å²) >= 11 is 0. The molecule has 0 radical (unpaired) electrons. The van der Waals surface area contributed by atoms with Crippen molar-refractivity contribution in [1.29, 1.82) is 0 Å². The Morgan fingerprint density at radius 3 is 2.71 bits per heavy atom. The second-order valence-corrected chi connectivity index (χ2v) is 5.54. The van der Waals surface area contributed by atoms with Crippen LogP contribution in [-0.4, -0.2) is 31.1 Å². The van der Waals surface area contributed by atoms with Gasteiger partial charge in [-0.3, -0.25) is 0 Å². The third-order valence-corrected chi connectivity index (χ3v) is 4.01. The maximum Gasteiger partial charge on any atom is 0.416 e. The van der Waals surface area contributed by atoms with E-state index in [9.17, 15) is 17.6 Å². The first-order chi connectivity index (χ1) is 9.88. The number of anilines is 1. The van der Waals surface area contributed by atoms with Gasteiger partial charge in [0, 0.05) is 12.6 Å². The van der Waals surface area contributed by atoms with Gasteiger partial charge in [-0.15, -0.1) is 0 Å². The molecule has 6 heteroatoms. The van der Waals surface area contributed by atoms with Gasteiger partial charge in [0.15, 0.2) is 0 Å². The predicted molar refractivity (Wildman–Crippen MR) is 74.8 cm³/mol. The summed E-state index contributed by atoms with van der Waals surface area (Å²) in [6, 6.07) is 2.87. The van der Waals surface area contributed by atoms with Crippen LogP contribution < -0.4 is 5.32 Å². The van der Waals surface area contributed by atoms with Crippen molar-refractivity contribution in [3.05, 3.63) is 29.6 Å². The second kappa shape index (κ2) is 6.64. The van der Waals surface area contributed by atoms with E-state index in [1.54, 1.807) is 0 Å². The Morgan fingerprint density at radius 1 is 1.29 bits per heavy atom. The lowest BCUT2D eigenvalue weighted by molar-refractivity contribution is -0.137. The smallest absolute Gasteiger partial charge is 0.383 e. The Labute approximate surface area is 122 Å². The van der Waals surface area contributed by atoms with Gasteiger partial charge < -0.3 is 10.2 Å². The number of halogens is 4. The van der Waals surface area contributed by atoms with E-state index in [0.717, 1.165) is 37.6 Å². The quantitative estimate of drug-likeness (QED) is 0.841. The molecule has 1 saturated heterocycles. The lowest BCUT2D eigenvalue weighted by atomic mass is 10.00. The summed E-state index contributed by atoms with van der Waals surface area (Å²) in [4.78, 5) is 2.26. The number of benzene rings is 1. The molecule has 1 aromatic carbocycles. The first-order valence-electron chi connectivity index (χ1n) is 7.19. The summed E-state index contributed by atoms with van der Waals surface area (Å²) in [6.45, 7) is 1.51. The highest BCUT2D eigenvalue weighted by atomic mass is 19.4. The summed E-state index contributed by atoms with van der Waals surface area (Å²) in [5.74, 6) is -0.653. The molecule has 0 spiro atoms. The standard InChI is InChI=1S/C15H20F4N2/c1-21-9-3-2-4-12(21)7-8-20-14-10-11(15(17,18)19)5-6-13(14)16/h5-6,10,12,20H,2-4,7-9H2,1H3. The molecule has 0 bridgehead atoms. The zero-order chi connectivity index (χ0) is 15.5. The number of nitrogens with zero attached hydrogens (tertiary/aromatic N) is 1. The van der Waals surface area contributed by atoms with E-state index in [-0.39, 0.29) is 5.69 Å². The molecule has 2 nitrogen and oxygen atoms in total. The lowest BCUT2D eigenvalue weighted by Gasteiger charge is -2.32. The summed E-state index contributed by atoms with van der Waals surface area (Å²) in [7, 11) is 2.05. The third kappa shape index (κ3) is 4.33. The lowest BCUT2D eigenvalue weighted by Crippen LogP contribution is -2.37. The van der Waals surface area contributed by atoms with E-state index in [2.05, 4.69) is 17.3 Å². The maximum atomic E-state index is 13.6. The van der Waals surface area contributed by atoms with Gasteiger partial charge in [0.2, 0.25) is 0 Å². The van der Waals surface area contributed by atoms with Crippen LogP contribution in [0.2, 0.25) is 0 Å². The molecule has 1 fully saturated rings. The Kier molecular flexibility index (Phi) is 5.08. The zero-order valence-electron chi connectivity index (χ0n) is 12.0. The maximum absolute atomic E-state index is 13.6. The van der Waals surface area contributed by atoms with Gasteiger partial charge in [-0.05, 0) is 51.1 Å². The van der Waals surface area contributed by atoms with Gasteiger partial charge in [-0.2, -0.15) is 13.2 Å². The van der Waals surface area contributed by atoms with Crippen LogP contribution >= 0.6 is 0 Å². The molecule has 0 amide bonds. The minimum atomic E-state index is -4.45. The summed E-state index contributed by atoms with van der Waals surface area (Å²) in [6.07, 6.45) is -0.210. The van der Waals surface area contributed by atoms with E-state index in [1.165, 1.54) is 12.8 Å². The number of nitrogens with one attached hydrogen (secondary N) is 1. The Morgan fingerprint density at radius 2 is 2.05 bits per heavy atom. The van der Waals surface area contributed by atoms with Crippen LogP contribution in [-0.2, 0) is 6.18 Å². The molecule has 0 aliphatic carbocycles. The van der Waals surface area contributed by atoms with Crippen LogP contribution in [0.5, 0.6) is 0 Å². The molecule has 1 unspecified atom stereocenters. The second-order valence-electron chi connectivity index (χ2n) is 5.54. The Hall–Kier alpha value is -1.30. The van der Waals surface area contributed by atoms with Crippen LogP contribution in [0.25, 0.3) is 0 Å². The average Bonchev–Trinajstić information content (AvgIpc) is 2.41. The van der Waals surface area contributed by atoms with Crippen molar-refractivity contribution in [3.8, 4) is 0 Å². The van der Waals surface area contributed by atoms with Gasteiger partial charge in [0.05, 0.1) is 11.3 Å². The van der Waals surface area contributed by atoms with Crippen LogP contribution in [0.4, 0.5) is 23.2 Å². The van der Waals surface area contributed by atoms with E-state index in [1.807, 2.05) is 0 Å². The SMILES string of the molecule is CN1CCCCC1CCNc1cc(C(F)(F)F)ccc1F. The molecule has 2 rings (SSSR count). The largest absolute Gasteiger partial charge is 0.416 e. The first kappa shape index (κ1) is 16.1. The third-order valence-electron chi connectivity index (χ3n) is 4.01. The van der Waals surface area contributed by atoms with Crippen molar-refractivity contribution in [2.75, 3.05) is 25.5 Å². The van der Waals surface area contributed by atoms with E-state index in [4.69, 9.17) is 0 Å². The van der Waals surface area contributed by atoms with Gasteiger partial charge in [0.1, 0.15) is 5.82 Å². The van der Waals surface area contributed by atoms with E-state index in [0.29, 0.717) is 12.6 Å². The molecule has 1 heterocycles. The molecular weight excluding hydrogens is 284 g/mol. The number of hydrogen-bond acceptors (Lipinski definition) is 2. The number of likely N-dealkylation sites (tertiary alicyclic amines) is 1. The van der Waals surface area contributed by atoms with Gasteiger partial charge in [0.25, 0.3) is 0 Å². The van der Waals surface area contributed by atoms with Crippen molar-refractivity contribution in [2.24, 2.45) is 0 Å². The molecule has 0 aromatic heterocycles. The molecule has 118 valence electrons. The van der Waals surface area contributed by atoms with Gasteiger partial charge in [-0.1, -0.05) is 6.42 Å². The van der Waals surface area contributed by atoms with Crippen molar-refractivity contribution >= 4 is 5.69 Å². The fourth-order valence-corrected chi connectivity index (χ4v) is 2.72. The number of rotatable bonds is 4. The van der Waals surface area contributed by atoms with Crippen molar-refractivity contribution in [2.45, 2.75) is 37.9 Å². The fourth-order valence-electron chi connectivity index (χ4n) is 2.72. The molecule has 0 saturated carbocycles. The highest BCUT2D eigenvalue weighted by molar-refractivity contribution is 5.48. The molecule has 1 N–H and O–H groups in total. The summed E-state index contributed by atoms with van der Waals surface area (Å²) in [5, 5.41) is 2.79. The highest BCUT2D eigenvalue weighted by Crippen LogP contribution is 2.31. The van der Waals surface area contributed by atoms with Crippen molar-refractivity contribution in [3.63, 3.8) is 0 Å². The van der Waals surface area contributed by atoms with Crippen LogP contribution in [0.3, 0.4) is 0 Å². The zero-order valence-corrected chi connectivity index (χ0v) is 12.0. The predicted octanol–water partition coefficient (Wildman–Crippen LogP) is 4.13. The minimum absolute atomic E-state index is 0.0803. The number of hydrogen-bond donors (Lipinski definition) is 1. The van der Waals surface area contributed by atoms with E-state index >= 15 is 0 Å². The molecule has 1 aliphatic heterocycles. The number of piperidine rings is 1. The average molecular weight is 304 g/mol.